The highest BCUT2D eigenvalue weighted by atomic mass is 35.5. The molecule has 2 unspecified atom stereocenters. The van der Waals surface area contributed by atoms with Crippen LogP contribution >= 0.6 is 12.4 Å². The highest BCUT2D eigenvalue weighted by molar-refractivity contribution is 7.92. The molecule has 0 saturated carbocycles. The van der Waals surface area contributed by atoms with Crippen LogP contribution < -0.4 is 23.7 Å². The van der Waals surface area contributed by atoms with Gasteiger partial charge in [-0.15, -0.1) is 12.4 Å². The number of rotatable bonds is 14. The minimum Gasteiger partial charge on any atom is -0.497 e. The fraction of sp³-hybridized carbons (Fsp3) is 0.314. The molecule has 0 aromatic heterocycles. The summed E-state index contributed by atoms with van der Waals surface area (Å²) in [5.41, 5.74) is 5.00. The lowest BCUT2D eigenvalue weighted by Gasteiger charge is -2.39. The second kappa shape index (κ2) is 16.0. The molecule has 46 heavy (non-hydrogen) atoms. The molecule has 2 N–H and O–H groups in total. The van der Waals surface area contributed by atoms with Crippen molar-refractivity contribution in [3.05, 3.63) is 113 Å². The van der Waals surface area contributed by atoms with Crippen molar-refractivity contribution in [2.75, 3.05) is 44.9 Å². The minimum absolute atomic E-state index is 0. The van der Waals surface area contributed by atoms with Gasteiger partial charge in [0.05, 0.1) is 20.5 Å². The van der Waals surface area contributed by atoms with Crippen LogP contribution in [0.15, 0.2) is 91.0 Å². The second-order valence-corrected chi connectivity index (χ2v) is 12.9. The maximum Gasteiger partial charge on any atom is 0.229 e. The van der Waals surface area contributed by atoms with Crippen LogP contribution in [-0.2, 0) is 29.5 Å². The van der Waals surface area contributed by atoms with Gasteiger partial charge >= 0.3 is 0 Å². The van der Waals surface area contributed by atoms with Gasteiger partial charge in [0.1, 0.15) is 30.8 Å². The first kappa shape index (κ1) is 34.9. The molecule has 0 amide bonds. The molecule has 0 fully saturated rings. The van der Waals surface area contributed by atoms with Crippen LogP contribution in [0.2, 0.25) is 0 Å². The minimum atomic E-state index is -3.37. The fourth-order valence-electron chi connectivity index (χ4n) is 5.56. The molecule has 0 aliphatic carbocycles. The van der Waals surface area contributed by atoms with Crippen molar-refractivity contribution < 1.29 is 32.5 Å². The lowest BCUT2D eigenvalue weighted by atomic mass is 9.88. The molecule has 246 valence electrons. The zero-order valence-corrected chi connectivity index (χ0v) is 27.9. The number of fused-ring (bicyclic) bond motifs is 1. The molecule has 0 spiro atoms. The number of halogens is 1. The van der Waals surface area contributed by atoms with Crippen LogP contribution in [0.25, 0.3) is 0 Å². The number of sulfonamides is 1. The first-order valence-electron chi connectivity index (χ1n) is 14.8. The van der Waals surface area contributed by atoms with Gasteiger partial charge in [0, 0.05) is 24.8 Å². The molecule has 1 heterocycles. The molecule has 2 atom stereocenters. The van der Waals surface area contributed by atoms with Crippen molar-refractivity contribution in [3.8, 4) is 23.0 Å². The molecule has 0 saturated heterocycles. The van der Waals surface area contributed by atoms with Gasteiger partial charge in [-0.25, -0.2) is 8.42 Å². The van der Waals surface area contributed by atoms with Crippen molar-refractivity contribution in [1.82, 2.24) is 4.90 Å². The van der Waals surface area contributed by atoms with Gasteiger partial charge in [0.15, 0.2) is 11.5 Å². The molecule has 4 aromatic rings. The van der Waals surface area contributed by atoms with Crippen molar-refractivity contribution in [2.45, 2.75) is 31.6 Å². The van der Waals surface area contributed by atoms with Crippen molar-refractivity contribution in [2.24, 2.45) is 0 Å². The van der Waals surface area contributed by atoms with Gasteiger partial charge in [0.25, 0.3) is 0 Å². The highest BCUT2D eigenvalue weighted by Crippen LogP contribution is 2.40. The van der Waals surface area contributed by atoms with E-state index in [1.807, 2.05) is 42.5 Å². The number of aliphatic hydroxyl groups excluding tert-OH is 1. The summed E-state index contributed by atoms with van der Waals surface area (Å²) in [5, 5.41) is 11.1. The van der Waals surface area contributed by atoms with Gasteiger partial charge in [0.2, 0.25) is 10.0 Å². The Kier molecular flexibility index (Phi) is 12.2. The predicted molar refractivity (Wildman–Crippen MR) is 182 cm³/mol. The molecule has 0 bridgehead atoms. The maximum atomic E-state index is 11.5. The van der Waals surface area contributed by atoms with Crippen LogP contribution in [0.1, 0.15) is 28.3 Å². The third kappa shape index (κ3) is 9.53. The standard InChI is InChI=1S/C35H40N2O7S.ClH/c1-41-30-13-9-25(10-14-30)19-33-32-21-35(44-23-26-7-5-4-6-8-26)34(42-2)20-27(32)17-18-37(33)22-29(38)24-43-31-15-11-28(12-16-31)36-45(3,39)40;/h4-16,20-21,29,33,36,38H,17-19,22-24H2,1-3H3;1H. The summed E-state index contributed by atoms with van der Waals surface area (Å²) < 4.78 is 48.6. The van der Waals surface area contributed by atoms with Crippen LogP contribution in [0.3, 0.4) is 0 Å². The normalized spacial score (nSPS) is 15.2. The van der Waals surface area contributed by atoms with Crippen LogP contribution in [0, 0.1) is 0 Å². The Morgan fingerprint density at radius 2 is 1.57 bits per heavy atom. The SMILES string of the molecule is COc1ccc(CC2c3cc(OCc4ccccc4)c(OC)cc3CCN2CC(O)COc2ccc(NS(C)(=O)=O)cc2)cc1.Cl. The molecule has 4 aromatic carbocycles. The molecule has 1 aliphatic rings. The monoisotopic (exact) mass is 668 g/mol. The summed E-state index contributed by atoms with van der Waals surface area (Å²) in [4.78, 5) is 2.30. The van der Waals surface area contributed by atoms with E-state index in [0.29, 0.717) is 36.1 Å². The molecule has 5 rings (SSSR count). The van der Waals surface area contributed by atoms with Crippen LogP contribution in [0.4, 0.5) is 5.69 Å². The Bertz CT molecular complexity index is 1650. The fourth-order valence-corrected chi connectivity index (χ4v) is 6.12. The largest absolute Gasteiger partial charge is 0.497 e. The summed E-state index contributed by atoms with van der Waals surface area (Å²) in [6, 6.07) is 28.8. The van der Waals surface area contributed by atoms with Gasteiger partial charge in [-0.1, -0.05) is 42.5 Å². The molecule has 9 nitrogen and oxygen atoms in total. The van der Waals surface area contributed by atoms with E-state index < -0.39 is 16.1 Å². The van der Waals surface area contributed by atoms with E-state index in [4.69, 9.17) is 18.9 Å². The Morgan fingerprint density at radius 3 is 2.22 bits per heavy atom. The highest BCUT2D eigenvalue weighted by Gasteiger charge is 2.31. The third-order valence-corrected chi connectivity index (χ3v) is 8.37. The van der Waals surface area contributed by atoms with Gasteiger partial charge in [-0.05, 0) is 83.6 Å². The second-order valence-electron chi connectivity index (χ2n) is 11.2. The topological polar surface area (TPSA) is 107 Å². The van der Waals surface area contributed by atoms with Gasteiger partial charge in [-0.2, -0.15) is 0 Å². The number of aliphatic hydroxyl groups is 1. The Balaban J connectivity index is 0.00000480. The number of anilines is 1. The molecule has 0 radical (unpaired) electrons. The van der Waals surface area contributed by atoms with E-state index in [0.717, 1.165) is 48.1 Å². The Hall–Kier alpha value is -3.96. The number of nitrogens with one attached hydrogen (secondary N) is 1. The Morgan fingerprint density at radius 1 is 0.870 bits per heavy atom. The number of benzene rings is 4. The van der Waals surface area contributed by atoms with E-state index in [-0.39, 0.29) is 25.1 Å². The first-order valence-corrected chi connectivity index (χ1v) is 16.7. The van der Waals surface area contributed by atoms with E-state index in [1.165, 1.54) is 5.56 Å². The van der Waals surface area contributed by atoms with Crippen molar-refractivity contribution >= 4 is 28.1 Å². The van der Waals surface area contributed by atoms with Crippen molar-refractivity contribution in [3.63, 3.8) is 0 Å². The predicted octanol–water partition coefficient (Wildman–Crippen LogP) is 5.66. The molecule has 1 aliphatic heterocycles. The quantitative estimate of drug-likeness (QED) is 0.177. The summed E-state index contributed by atoms with van der Waals surface area (Å²) in [5.74, 6) is 2.72. The lowest BCUT2D eigenvalue weighted by molar-refractivity contribution is 0.0482. The number of hydrogen-bond donors (Lipinski definition) is 2. The average Bonchev–Trinajstić information content (AvgIpc) is 3.04. The first-order chi connectivity index (χ1) is 21.7. The smallest absolute Gasteiger partial charge is 0.229 e. The van der Waals surface area contributed by atoms with Crippen molar-refractivity contribution in [1.29, 1.82) is 0 Å². The summed E-state index contributed by atoms with van der Waals surface area (Å²) in [6.45, 7) is 1.67. The summed E-state index contributed by atoms with van der Waals surface area (Å²) in [6.07, 6.45) is 1.87. The number of hydrogen-bond acceptors (Lipinski definition) is 8. The number of nitrogens with zero attached hydrogens (tertiary/aromatic N) is 1. The van der Waals surface area contributed by atoms with Crippen LogP contribution in [0.5, 0.6) is 23.0 Å². The third-order valence-electron chi connectivity index (χ3n) is 7.76. The van der Waals surface area contributed by atoms with E-state index in [1.54, 1.807) is 38.5 Å². The van der Waals surface area contributed by atoms with E-state index >= 15 is 0 Å². The summed E-state index contributed by atoms with van der Waals surface area (Å²) >= 11 is 0. The zero-order chi connectivity index (χ0) is 31.8. The van der Waals surface area contributed by atoms with E-state index in [2.05, 4.69) is 33.9 Å². The average molecular weight is 669 g/mol. The number of ether oxygens (including phenoxy) is 4. The van der Waals surface area contributed by atoms with Gasteiger partial charge < -0.3 is 24.1 Å². The maximum absolute atomic E-state index is 11.5. The molecular weight excluding hydrogens is 628 g/mol. The zero-order valence-electron chi connectivity index (χ0n) is 26.2. The molecular formula is C35H41ClN2O7S. The van der Waals surface area contributed by atoms with Gasteiger partial charge in [-0.3, -0.25) is 9.62 Å². The number of methoxy groups -OCH3 is 2. The summed E-state index contributed by atoms with van der Waals surface area (Å²) in [7, 11) is -0.0498. The molecule has 11 heteroatoms. The van der Waals surface area contributed by atoms with Crippen LogP contribution in [-0.4, -0.2) is 64.7 Å². The Labute approximate surface area is 277 Å². The van der Waals surface area contributed by atoms with E-state index in [9.17, 15) is 13.5 Å². The lowest BCUT2D eigenvalue weighted by Crippen LogP contribution is -2.42. The number of β-amino-alcohol motifs (C(OH)–C–C–N with tert-alkyl or cyclic N) is 1.